The lowest BCUT2D eigenvalue weighted by molar-refractivity contribution is -0.153. The Morgan fingerprint density at radius 2 is 2.29 bits per heavy atom. The molecule has 1 aromatic carbocycles. The van der Waals surface area contributed by atoms with Gasteiger partial charge in [-0.2, -0.15) is 0 Å². The van der Waals surface area contributed by atoms with Gasteiger partial charge >= 0.3 is 5.97 Å². The second-order valence-electron chi connectivity index (χ2n) is 3.26. The number of carbonyl (C=O) groups excluding carboxylic acids is 1. The van der Waals surface area contributed by atoms with Crippen LogP contribution in [0.1, 0.15) is 18.6 Å². The van der Waals surface area contributed by atoms with E-state index in [2.05, 4.69) is 20.7 Å². The number of rotatable bonds is 4. The van der Waals surface area contributed by atoms with Crippen molar-refractivity contribution in [3.05, 3.63) is 33.3 Å². The molecule has 0 aliphatic rings. The number of carbonyl (C=O) groups is 1. The summed E-state index contributed by atoms with van der Waals surface area (Å²) in [5.74, 6) is -1.09. The molecule has 2 atom stereocenters. The molecular formula is C11H11BrClFO3. The van der Waals surface area contributed by atoms with E-state index in [1.165, 1.54) is 6.07 Å². The third-order valence-electron chi connectivity index (χ3n) is 2.07. The largest absolute Gasteiger partial charge is 0.464 e. The lowest BCUT2D eigenvalue weighted by Crippen LogP contribution is -2.26. The summed E-state index contributed by atoms with van der Waals surface area (Å²) in [4.78, 5) is 11.1. The van der Waals surface area contributed by atoms with Crippen LogP contribution in [0.2, 0.25) is 5.02 Å². The number of esters is 1. The standard InChI is InChI=1S/C11H11BrClFO3/c1-2-17-11(16)9(14)10(15)7-5-6(13)3-4-8(7)12/h3-5,9-10,15H,2H2,1H3. The maximum Gasteiger partial charge on any atom is 0.343 e. The Bertz CT molecular complexity index is 414. The molecule has 0 aliphatic carbocycles. The lowest BCUT2D eigenvalue weighted by atomic mass is 10.1. The highest BCUT2D eigenvalue weighted by molar-refractivity contribution is 9.10. The lowest BCUT2D eigenvalue weighted by Gasteiger charge is -2.16. The molecule has 6 heteroatoms. The van der Waals surface area contributed by atoms with Gasteiger partial charge in [-0.15, -0.1) is 0 Å². The maximum atomic E-state index is 13.6. The fraction of sp³-hybridized carbons (Fsp3) is 0.364. The van der Waals surface area contributed by atoms with Crippen molar-refractivity contribution in [2.45, 2.75) is 19.2 Å². The van der Waals surface area contributed by atoms with Crippen LogP contribution in [0.3, 0.4) is 0 Å². The molecule has 0 bridgehead atoms. The Morgan fingerprint density at radius 1 is 1.65 bits per heavy atom. The van der Waals surface area contributed by atoms with E-state index in [9.17, 15) is 14.3 Å². The predicted molar refractivity (Wildman–Crippen MR) is 65.6 cm³/mol. The third-order valence-corrected chi connectivity index (χ3v) is 3.02. The van der Waals surface area contributed by atoms with Crippen LogP contribution in [0.5, 0.6) is 0 Å². The fourth-order valence-electron chi connectivity index (χ4n) is 1.25. The molecule has 0 amide bonds. The van der Waals surface area contributed by atoms with Gasteiger partial charge in [0, 0.05) is 9.50 Å². The van der Waals surface area contributed by atoms with Crippen molar-refractivity contribution in [2.24, 2.45) is 0 Å². The molecule has 0 aliphatic heterocycles. The van der Waals surface area contributed by atoms with E-state index in [4.69, 9.17) is 11.6 Å². The normalized spacial score (nSPS) is 14.2. The highest BCUT2D eigenvalue weighted by atomic mass is 79.9. The number of aliphatic hydroxyl groups is 1. The van der Waals surface area contributed by atoms with E-state index in [0.717, 1.165) is 0 Å². The average molecular weight is 326 g/mol. The Morgan fingerprint density at radius 3 is 2.88 bits per heavy atom. The van der Waals surface area contributed by atoms with Crippen LogP contribution in [0.4, 0.5) is 4.39 Å². The van der Waals surface area contributed by atoms with Gasteiger partial charge < -0.3 is 9.84 Å². The summed E-state index contributed by atoms with van der Waals surface area (Å²) < 4.78 is 18.6. The highest BCUT2D eigenvalue weighted by Crippen LogP contribution is 2.30. The van der Waals surface area contributed by atoms with Gasteiger partial charge in [0.25, 0.3) is 0 Å². The van der Waals surface area contributed by atoms with Crippen molar-refractivity contribution >= 4 is 33.5 Å². The number of alkyl halides is 1. The van der Waals surface area contributed by atoms with Gasteiger partial charge in [0.05, 0.1) is 6.61 Å². The topological polar surface area (TPSA) is 46.5 Å². The highest BCUT2D eigenvalue weighted by Gasteiger charge is 2.30. The first kappa shape index (κ1) is 14.4. The summed E-state index contributed by atoms with van der Waals surface area (Å²) in [7, 11) is 0. The number of hydrogen-bond acceptors (Lipinski definition) is 3. The van der Waals surface area contributed by atoms with Crippen LogP contribution < -0.4 is 0 Å². The van der Waals surface area contributed by atoms with E-state index < -0.39 is 18.2 Å². The second kappa shape index (κ2) is 6.33. The van der Waals surface area contributed by atoms with Gasteiger partial charge in [0.15, 0.2) is 0 Å². The molecule has 0 fully saturated rings. The molecule has 3 nitrogen and oxygen atoms in total. The van der Waals surface area contributed by atoms with E-state index in [1.54, 1.807) is 19.1 Å². The monoisotopic (exact) mass is 324 g/mol. The molecular weight excluding hydrogens is 314 g/mol. The smallest absolute Gasteiger partial charge is 0.343 e. The van der Waals surface area contributed by atoms with E-state index in [1.807, 2.05) is 0 Å². The van der Waals surface area contributed by atoms with Crippen molar-refractivity contribution in [2.75, 3.05) is 6.61 Å². The summed E-state index contributed by atoms with van der Waals surface area (Å²) in [6, 6.07) is 4.54. The fourth-order valence-corrected chi connectivity index (χ4v) is 1.91. The molecule has 0 saturated carbocycles. The molecule has 0 heterocycles. The minimum absolute atomic E-state index is 0.0582. The Kier molecular flexibility index (Phi) is 5.36. The SMILES string of the molecule is CCOC(=O)C(F)C(O)c1cc(Cl)ccc1Br. The van der Waals surface area contributed by atoms with Gasteiger partial charge in [0.2, 0.25) is 6.17 Å². The number of aliphatic hydroxyl groups excluding tert-OH is 1. The molecule has 0 spiro atoms. The summed E-state index contributed by atoms with van der Waals surface area (Å²) >= 11 is 8.89. The molecule has 0 aromatic heterocycles. The molecule has 1 rings (SSSR count). The number of halogens is 3. The van der Waals surface area contributed by atoms with Crippen LogP contribution in [-0.2, 0) is 9.53 Å². The molecule has 0 saturated heterocycles. The van der Waals surface area contributed by atoms with Gasteiger partial charge in [-0.3, -0.25) is 0 Å². The second-order valence-corrected chi connectivity index (χ2v) is 4.56. The Labute approximate surface area is 112 Å². The van der Waals surface area contributed by atoms with Crippen LogP contribution in [-0.4, -0.2) is 23.9 Å². The van der Waals surface area contributed by atoms with Crippen molar-refractivity contribution in [3.63, 3.8) is 0 Å². The summed E-state index contributed by atoms with van der Waals surface area (Å²) in [5.41, 5.74) is 0.207. The van der Waals surface area contributed by atoms with Crippen LogP contribution in [0.25, 0.3) is 0 Å². The quantitative estimate of drug-likeness (QED) is 0.866. The summed E-state index contributed by atoms with van der Waals surface area (Å²) in [6.07, 6.45) is -3.74. The molecule has 0 radical (unpaired) electrons. The predicted octanol–water partition coefficient (Wildman–Crippen LogP) is 3.04. The number of benzene rings is 1. The number of ether oxygens (including phenoxy) is 1. The first-order valence-corrected chi connectivity index (χ1v) is 6.08. The van der Waals surface area contributed by atoms with Gasteiger partial charge in [-0.05, 0) is 30.7 Å². The van der Waals surface area contributed by atoms with Crippen molar-refractivity contribution < 1.29 is 19.0 Å². The molecule has 1 N–H and O–H groups in total. The minimum atomic E-state index is -2.13. The van der Waals surface area contributed by atoms with Gasteiger partial charge in [-0.1, -0.05) is 27.5 Å². The van der Waals surface area contributed by atoms with E-state index >= 15 is 0 Å². The van der Waals surface area contributed by atoms with Gasteiger partial charge in [0.1, 0.15) is 6.10 Å². The van der Waals surface area contributed by atoms with E-state index in [-0.39, 0.29) is 12.2 Å². The van der Waals surface area contributed by atoms with E-state index in [0.29, 0.717) is 9.50 Å². The van der Waals surface area contributed by atoms with Crippen molar-refractivity contribution in [3.8, 4) is 0 Å². The molecule has 2 unspecified atom stereocenters. The summed E-state index contributed by atoms with van der Waals surface area (Å²) in [6.45, 7) is 1.62. The maximum absolute atomic E-state index is 13.6. The molecule has 17 heavy (non-hydrogen) atoms. The average Bonchev–Trinajstić information content (AvgIpc) is 2.30. The number of hydrogen-bond donors (Lipinski definition) is 1. The van der Waals surface area contributed by atoms with Crippen molar-refractivity contribution in [1.29, 1.82) is 0 Å². The Hall–Kier alpha value is -0.650. The first-order chi connectivity index (χ1) is 7.97. The van der Waals surface area contributed by atoms with Crippen LogP contribution in [0.15, 0.2) is 22.7 Å². The third kappa shape index (κ3) is 3.66. The first-order valence-electron chi connectivity index (χ1n) is 4.91. The zero-order valence-electron chi connectivity index (χ0n) is 8.99. The minimum Gasteiger partial charge on any atom is -0.464 e. The summed E-state index contributed by atoms with van der Waals surface area (Å²) in [5, 5.41) is 10.1. The molecule has 94 valence electrons. The zero-order valence-corrected chi connectivity index (χ0v) is 11.3. The molecule has 1 aromatic rings. The Balaban J connectivity index is 2.91. The van der Waals surface area contributed by atoms with Gasteiger partial charge in [-0.25, -0.2) is 9.18 Å². The zero-order chi connectivity index (χ0) is 13.0. The van der Waals surface area contributed by atoms with Crippen molar-refractivity contribution in [1.82, 2.24) is 0 Å². The van der Waals surface area contributed by atoms with Crippen LogP contribution in [0, 0.1) is 0 Å². The van der Waals surface area contributed by atoms with Crippen LogP contribution >= 0.6 is 27.5 Å².